The van der Waals surface area contributed by atoms with Gasteiger partial charge in [0, 0.05) is 16.5 Å². The molecule has 0 aliphatic heterocycles. The third kappa shape index (κ3) is 3.26. The van der Waals surface area contributed by atoms with Gasteiger partial charge in [-0.1, -0.05) is 30.3 Å². The van der Waals surface area contributed by atoms with E-state index in [1.54, 1.807) is 11.3 Å². The van der Waals surface area contributed by atoms with Gasteiger partial charge in [-0.3, -0.25) is 0 Å². The molecule has 130 valence electrons. The molecule has 1 fully saturated rings. The van der Waals surface area contributed by atoms with Crippen molar-refractivity contribution in [1.82, 2.24) is 9.97 Å². The summed E-state index contributed by atoms with van der Waals surface area (Å²) in [7, 11) is 0. The molecular formula is C20H23N3OS. The van der Waals surface area contributed by atoms with E-state index in [-0.39, 0.29) is 6.10 Å². The maximum Gasteiger partial charge on any atom is 0.163 e. The van der Waals surface area contributed by atoms with Gasteiger partial charge >= 0.3 is 0 Å². The van der Waals surface area contributed by atoms with E-state index in [0.29, 0.717) is 6.04 Å². The first kappa shape index (κ1) is 16.5. The second kappa shape index (κ2) is 6.73. The highest BCUT2D eigenvalue weighted by molar-refractivity contribution is 7.18. The first-order valence-corrected chi connectivity index (χ1v) is 9.71. The molecule has 0 bridgehead atoms. The van der Waals surface area contributed by atoms with Gasteiger partial charge in [0.25, 0.3) is 0 Å². The molecule has 0 amide bonds. The predicted molar refractivity (Wildman–Crippen MR) is 104 cm³/mol. The molecule has 2 aromatic heterocycles. The maximum atomic E-state index is 9.75. The van der Waals surface area contributed by atoms with Crippen LogP contribution in [-0.4, -0.2) is 27.2 Å². The van der Waals surface area contributed by atoms with E-state index in [0.717, 1.165) is 53.1 Å². The first-order chi connectivity index (χ1) is 12.1. The van der Waals surface area contributed by atoms with Gasteiger partial charge in [0.05, 0.1) is 11.5 Å². The van der Waals surface area contributed by atoms with Crippen LogP contribution in [0.2, 0.25) is 0 Å². The van der Waals surface area contributed by atoms with E-state index in [1.807, 2.05) is 18.2 Å². The Morgan fingerprint density at radius 1 is 1.04 bits per heavy atom. The molecule has 1 aromatic carbocycles. The summed E-state index contributed by atoms with van der Waals surface area (Å²) in [6, 6.07) is 10.5. The average molecular weight is 353 g/mol. The third-order valence-corrected chi connectivity index (χ3v) is 6.20. The van der Waals surface area contributed by atoms with Gasteiger partial charge in [-0.2, -0.15) is 0 Å². The van der Waals surface area contributed by atoms with Crippen molar-refractivity contribution in [1.29, 1.82) is 0 Å². The zero-order chi connectivity index (χ0) is 17.4. The van der Waals surface area contributed by atoms with Gasteiger partial charge in [0.2, 0.25) is 0 Å². The van der Waals surface area contributed by atoms with Crippen LogP contribution in [0, 0.1) is 13.8 Å². The molecule has 0 spiro atoms. The van der Waals surface area contributed by atoms with E-state index in [2.05, 4.69) is 31.3 Å². The van der Waals surface area contributed by atoms with Crippen molar-refractivity contribution in [3.05, 3.63) is 40.8 Å². The Morgan fingerprint density at radius 3 is 2.48 bits per heavy atom. The fourth-order valence-corrected chi connectivity index (χ4v) is 4.51. The van der Waals surface area contributed by atoms with Gasteiger partial charge in [0.15, 0.2) is 5.82 Å². The minimum absolute atomic E-state index is 0.145. The Morgan fingerprint density at radius 2 is 1.76 bits per heavy atom. The standard InChI is InChI=1S/C20H23N3OS/c1-12-13(2)25-20-17(12)19(21-15-8-10-16(24)11-9-15)22-18(23-20)14-6-4-3-5-7-14/h3-7,15-16,24H,8-11H2,1-2H3,(H,21,22,23). The number of fused-ring (bicyclic) bond motifs is 1. The second-order valence-electron chi connectivity index (χ2n) is 6.88. The Kier molecular flexibility index (Phi) is 4.44. The highest BCUT2D eigenvalue weighted by Crippen LogP contribution is 2.36. The smallest absolute Gasteiger partial charge is 0.163 e. The zero-order valence-corrected chi connectivity index (χ0v) is 15.4. The van der Waals surface area contributed by atoms with Crippen LogP contribution in [0.1, 0.15) is 36.1 Å². The SMILES string of the molecule is Cc1sc2nc(-c3ccccc3)nc(NC3CCC(O)CC3)c2c1C. The second-order valence-corrected chi connectivity index (χ2v) is 8.08. The average Bonchev–Trinajstić information content (AvgIpc) is 2.92. The summed E-state index contributed by atoms with van der Waals surface area (Å²) in [5, 5.41) is 14.6. The molecule has 1 saturated carbocycles. The van der Waals surface area contributed by atoms with Crippen molar-refractivity contribution in [2.45, 2.75) is 51.7 Å². The fourth-order valence-electron chi connectivity index (χ4n) is 3.48. The Labute approximate surface area is 152 Å². The molecule has 25 heavy (non-hydrogen) atoms. The number of hydrogen-bond acceptors (Lipinski definition) is 5. The molecular weight excluding hydrogens is 330 g/mol. The van der Waals surface area contributed by atoms with Crippen LogP contribution in [0.3, 0.4) is 0 Å². The molecule has 0 radical (unpaired) electrons. The minimum Gasteiger partial charge on any atom is -0.393 e. The summed E-state index contributed by atoms with van der Waals surface area (Å²) in [5.74, 6) is 1.71. The highest BCUT2D eigenvalue weighted by Gasteiger charge is 2.22. The molecule has 0 atom stereocenters. The molecule has 1 aliphatic carbocycles. The van der Waals surface area contributed by atoms with E-state index in [4.69, 9.17) is 9.97 Å². The lowest BCUT2D eigenvalue weighted by atomic mass is 9.93. The summed E-state index contributed by atoms with van der Waals surface area (Å²) >= 11 is 1.73. The first-order valence-electron chi connectivity index (χ1n) is 8.89. The maximum absolute atomic E-state index is 9.75. The number of hydrogen-bond donors (Lipinski definition) is 2. The van der Waals surface area contributed by atoms with Crippen LogP contribution in [0.15, 0.2) is 30.3 Å². The van der Waals surface area contributed by atoms with E-state index >= 15 is 0 Å². The lowest BCUT2D eigenvalue weighted by Crippen LogP contribution is -2.28. The Bertz CT molecular complexity index is 883. The largest absolute Gasteiger partial charge is 0.393 e. The molecule has 4 rings (SSSR count). The molecule has 5 heteroatoms. The summed E-state index contributed by atoms with van der Waals surface area (Å²) in [4.78, 5) is 12.0. The summed E-state index contributed by atoms with van der Waals surface area (Å²) < 4.78 is 0. The monoisotopic (exact) mass is 353 g/mol. The number of aliphatic hydroxyl groups is 1. The molecule has 2 heterocycles. The minimum atomic E-state index is -0.145. The van der Waals surface area contributed by atoms with Crippen LogP contribution in [0.5, 0.6) is 0 Å². The lowest BCUT2D eigenvalue weighted by Gasteiger charge is -2.27. The van der Waals surface area contributed by atoms with Crippen LogP contribution in [0.4, 0.5) is 5.82 Å². The molecule has 3 aromatic rings. The zero-order valence-electron chi connectivity index (χ0n) is 14.6. The van der Waals surface area contributed by atoms with Crippen molar-refractivity contribution in [2.24, 2.45) is 0 Å². The predicted octanol–water partition coefficient (Wildman–Crippen LogP) is 4.69. The molecule has 0 unspecified atom stereocenters. The van der Waals surface area contributed by atoms with Gasteiger partial charge in [-0.05, 0) is 45.1 Å². The lowest BCUT2D eigenvalue weighted by molar-refractivity contribution is 0.126. The molecule has 4 nitrogen and oxygen atoms in total. The van der Waals surface area contributed by atoms with Crippen LogP contribution in [-0.2, 0) is 0 Å². The molecule has 2 N–H and O–H groups in total. The topological polar surface area (TPSA) is 58.0 Å². The van der Waals surface area contributed by atoms with Gasteiger partial charge in [0.1, 0.15) is 10.6 Å². The number of benzene rings is 1. The number of aliphatic hydroxyl groups excluding tert-OH is 1. The van der Waals surface area contributed by atoms with Crippen molar-refractivity contribution in [3.63, 3.8) is 0 Å². The molecule has 1 aliphatic rings. The number of nitrogens with zero attached hydrogens (tertiary/aromatic N) is 2. The number of aryl methyl sites for hydroxylation is 2. The Hall–Kier alpha value is -1.98. The summed E-state index contributed by atoms with van der Waals surface area (Å²) in [5.41, 5.74) is 2.30. The van der Waals surface area contributed by atoms with Crippen LogP contribution < -0.4 is 5.32 Å². The number of aromatic nitrogens is 2. The summed E-state index contributed by atoms with van der Waals surface area (Å²) in [6.07, 6.45) is 3.54. The fraction of sp³-hybridized carbons (Fsp3) is 0.400. The number of nitrogens with one attached hydrogen (secondary N) is 1. The van der Waals surface area contributed by atoms with E-state index in [1.165, 1.54) is 10.4 Å². The number of thiophene rings is 1. The van der Waals surface area contributed by atoms with Gasteiger partial charge in [-0.25, -0.2) is 9.97 Å². The number of anilines is 1. The normalized spacial score (nSPS) is 20.8. The van der Waals surface area contributed by atoms with E-state index < -0.39 is 0 Å². The molecule has 0 saturated heterocycles. The van der Waals surface area contributed by atoms with Crippen molar-refractivity contribution in [2.75, 3.05) is 5.32 Å². The van der Waals surface area contributed by atoms with E-state index in [9.17, 15) is 5.11 Å². The van der Waals surface area contributed by atoms with Crippen LogP contribution in [0.25, 0.3) is 21.6 Å². The van der Waals surface area contributed by atoms with Crippen molar-refractivity contribution in [3.8, 4) is 11.4 Å². The van der Waals surface area contributed by atoms with Crippen LogP contribution >= 0.6 is 11.3 Å². The Balaban J connectivity index is 1.77. The van der Waals surface area contributed by atoms with Crippen molar-refractivity contribution < 1.29 is 5.11 Å². The van der Waals surface area contributed by atoms with Gasteiger partial charge < -0.3 is 10.4 Å². The number of rotatable bonds is 3. The highest BCUT2D eigenvalue weighted by atomic mass is 32.1. The van der Waals surface area contributed by atoms with Crippen molar-refractivity contribution >= 4 is 27.4 Å². The third-order valence-electron chi connectivity index (χ3n) is 5.10. The van der Waals surface area contributed by atoms with Gasteiger partial charge in [-0.15, -0.1) is 11.3 Å². The summed E-state index contributed by atoms with van der Waals surface area (Å²) in [6.45, 7) is 4.29. The quantitative estimate of drug-likeness (QED) is 0.717.